The molecule has 0 aromatic carbocycles. The molecule has 1 saturated carbocycles. The SMILES string of the molecule is Cn1ccnc1SCC1(CS)CCC1. The van der Waals surface area contributed by atoms with Gasteiger partial charge in [0.15, 0.2) is 5.16 Å². The zero-order valence-electron chi connectivity index (χ0n) is 8.44. The van der Waals surface area contributed by atoms with Crippen molar-refractivity contribution in [2.75, 3.05) is 11.5 Å². The lowest BCUT2D eigenvalue weighted by atomic mass is 9.72. The third-order valence-corrected chi connectivity index (χ3v) is 5.11. The molecule has 2 rings (SSSR count). The van der Waals surface area contributed by atoms with Crippen molar-refractivity contribution >= 4 is 24.4 Å². The second-order valence-electron chi connectivity index (χ2n) is 4.12. The number of hydrogen-bond donors (Lipinski definition) is 1. The van der Waals surface area contributed by atoms with E-state index in [2.05, 4.69) is 22.2 Å². The zero-order valence-corrected chi connectivity index (χ0v) is 10.2. The maximum absolute atomic E-state index is 4.45. The van der Waals surface area contributed by atoms with Crippen molar-refractivity contribution in [1.29, 1.82) is 0 Å². The average Bonchev–Trinajstić information content (AvgIpc) is 2.51. The third-order valence-electron chi connectivity index (χ3n) is 3.03. The Morgan fingerprint density at radius 2 is 2.43 bits per heavy atom. The van der Waals surface area contributed by atoms with Crippen LogP contribution >= 0.6 is 24.4 Å². The van der Waals surface area contributed by atoms with E-state index >= 15 is 0 Å². The van der Waals surface area contributed by atoms with Crippen molar-refractivity contribution < 1.29 is 0 Å². The lowest BCUT2D eigenvalue weighted by Gasteiger charge is -2.40. The summed E-state index contributed by atoms with van der Waals surface area (Å²) < 4.78 is 2.08. The van der Waals surface area contributed by atoms with Gasteiger partial charge in [0.1, 0.15) is 0 Å². The van der Waals surface area contributed by atoms with Crippen molar-refractivity contribution in [3.8, 4) is 0 Å². The fourth-order valence-corrected chi connectivity index (χ4v) is 3.54. The smallest absolute Gasteiger partial charge is 0.167 e. The van der Waals surface area contributed by atoms with Crippen LogP contribution in [0.1, 0.15) is 19.3 Å². The van der Waals surface area contributed by atoms with Crippen LogP contribution in [0, 0.1) is 5.41 Å². The minimum atomic E-state index is 0.500. The molecule has 1 aromatic rings. The van der Waals surface area contributed by atoms with E-state index in [1.54, 1.807) is 0 Å². The zero-order chi connectivity index (χ0) is 10.0. The molecule has 0 saturated heterocycles. The predicted octanol–water partition coefficient (Wildman–Crippen LogP) is 2.61. The van der Waals surface area contributed by atoms with E-state index in [9.17, 15) is 0 Å². The van der Waals surface area contributed by atoms with Gasteiger partial charge in [0.05, 0.1) is 0 Å². The first-order valence-corrected chi connectivity index (χ1v) is 6.59. The molecule has 1 aliphatic carbocycles. The highest BCUT2D eigenvalue weighted by Crippen LogP contribution is 2.45. The Hall–Kier alpha value is -0.0900. The standard InChI is InChI=1S/C10H16N2S2/c1-12-6-5-11-9(12)14-8-10(7-13)3-2-4-10/h5-6,13H,2-4,7-8H2,1H3. The molecule has 0 unspecified atom stereocenters. The number of nitrogens with zero attached hydrogens (tertiary/aromatic N) is 2. The first kappa shape index (κ1) is 10.4. The van der Waals surface area contributed by atoms with Crippen LogP contribution in [-0.2, 0) is 7.05 Å². The number of aromatic nitrogens is 2. The molecule has 0 aliphatic heterocycles. The second kappa shape index (κ2) is 4.19. The highest BCUT2D eigenvalue weighted by Gasteiger charge is 2.35. The number of imidazole rings is 1. The van der Waals surface area contributed by atoms with E-state index in [1.807, 2.05) is 31.2 Å². The number of thioether (sulfide) groups is 1. The van der Waals surface area contributed by atoms with Gasteiger partial charge in [-0.05, 0) is 24.0 Å². The maximum atomic E-state index is 4.45. The Morgan fingerprint density at radius 1 is 1.64 bits per heavy atom. The summed E-state index contributed by atoms with van der Waals surface area (Å²) in [6.45, 7) is 0. The van der Waals surface area contributed by atoms with Gasteiger partial charge in [-0.15, -0.1) is 0 Å². The lowest BCUT2D eigenvalue weighted by molar-refractivity contribution is 0.205. The molecule has 1 aromatic heterocycles. The quantitative estimate of drug-likeness (QED) is 0.630. The molecule has 2 nitrogen and oxygen atoms in total. The molecule has 0 N–H and O–H groups in total. The van der Waals surface area contributed by atoms with Crippen LogP contribution in [0.2, 0.25) is 0 Å². The number of rotatable bonds is 4. The molecule has 1 fully saturated rings. The van der Waals surface area contributed by atoms with Crippen molar-refractivity contribution in [3.05, 3.63) is 12.4 Å². The van der Waals surface area contributed by atoms with Crippen LogP contribution in [0.5, 0.6) is 0 Å². The summed E-state index contributed by atoms with van der Waals surface area (Å²) in [4.78, 5) is 4.31. The summed E-state index contributed by atoms with van der Waals surface area (Å²) in [6, 6.07) is 0. The van der Waals surface area contributed by atoms with Gasteiger partial charge in [0.2, 0.25) is 0 Å². The van der Waals surface area contributed by atoms with Gasteiger partial charge < -0.3 is 4.57 Å². The van der Waals surface area contributed by atoms with Gasteiger partial charge in [-0.25, -0.2) is 4.98 Å². The Morgan fingerprint density at radius 3 is 2.86 bits per heavy atom. The highest BCUT2D eigenvalue weighted by molar-refractivity contribution is 7.99. The fraction of sp³-hybridized carbons (Fsp3) is 0.700. The highest BCUT2D eigenvalue weighted by atomic mass is 32.2. The van der Waals surface area contributed by atoms with E-state index in [-0.39, 0.29) is 0 Å². The summed E-state index contributed by atoms with van der Waals surface area (Å²) in [5, 5.41) is 1.12. The first-order chi connectivity index (χ1) is 6.76. The minimum Gasteiger partial charge on any atom is -0.329 e. The van der Waals surface area contributed by atoms with Crippen LogP contribution in [-0.4, -0.2) is 21.1 Å². The van der Waals surface area contributed by atoms with Crippen LogP contribution < -0.4 is 0 Å². The van der Waals surface area contributed by atoms with Crippen LogP contribution in [0.4, 0.5) is 0 Å². The molecular weight excluding hydrogens is 212 g/mol. The lowest BCUT2D eigenvalue weighted by Crippen LogP contribution is -2.33. The molecule has 0 radical (unpaired) electrons. The summed E-state index contributed by atoms with van der Waals surface area (Å²) >= 11 is 6.31. The molecule has 0 spiro atoms. The molecular formula is C10H16N2S2. The predicted molar refractivity (Wildman–Crippen MR) is 64.1 cm³/mol. The average molecular weight is 228 g/mol. The van der Waals surface area contributed by atoms with Gasteiger partial charge in [-0.3, -0.25) is 0 Å². The normalized spacial score (nSPS) is 19.3. The first-order valence-electron chi connectivity index (χ1n) is 4.97. The molecule has 14 heavy (non-hydrogen) atoms. The topological polar surface area (TPSA) is 17.8 Å². The van der Waals surface area contributed by atoms with Crippen molar-refractivity contribution in [2.24, 2.45) is 12.5 Å². The molecule has 0 bridgehead atoms. The molecule has 4 heteroatoms. The number of aryl methyl sites for hydroxylation is 1. The summed E-state index contributed by atoms with van der Waals surface area (Å²) in [5.41, 5.74) is 0.500. The Labute approximate surface area is 94.9 Å². The summed E-state index contributed by atoms with van der Waals surface area (Å²) in [7, 11) is 2.05. The van der Waals surface area contributed by atoms with E-state index in [0.29, 0.717) is 5.41 Å². The third kappa shape index (κ3) is 1.96. The van der Waals surface area contributed by atoms with Crippen LogP contribution in [0.3, 0.4) is 0 Å². The van der Waals surface area contributed by atoms with E-state index in [0.717, 1.165) is 10.9 Å². The fourth-order valence-electron chi connectivity index (χ4n) is 1.73. The minimum absolute atomic E-state index is 0.500. The Bertz CT molecular complexity index is 299. The Balaban J connectivity index is 1.90. The van der Waals surface area contributed by atoms with Gasteiger partial charge in [0, 0.05) is 25.2 Å². The summed E-state index contributed by atoms with van der Waals surface area (Å²) in [5.74, 6) is 2.19. The van der Waals surface area contributed by atoms with Gasteiger partial charge in [-0.2, -0.15) is 12.6 Å². The molecule has 1 aliphatic rings. The van der Waals surface area contributed by atoms with E-state index in [1.165, 1.54) is 25.0 Å². The van der Waals surface area contributed by atoms with Gasteiger partial charge in [-0.1, -0.05) is 18.2 Å². The maximum Gasteiger partial charge on any atom is 0.167 e. The van der Waals surface area contributed by atoms with Crippen LogP contribution in [0.15, 0.2) is 17.6 Å². The number of thiol groups is 1. The van der Waals surface area contributed by atoms with E-state index in [4.69, 9.17) is 0 Å². The largest absolute Gasteiger partial charge is 0.329 e. The monoisotopic (exact) mass is 228 g/mol. The Kier molecular flexibility index (Phi) is 3.12. The molecule has 0 amide bonds. The van der Waals surface area contributed by atoms with E-state index < -0.39 is 0 Å². The molecule has 0 atom stereocenters. The second-order valence-corrected chi connectivity index (χ2v) is 5.38. The van der Waals surface area contributed by atoms with Gasteiger partial charge >= 0.3 is 0 Å². The molecule has 78 valence electrons. The van der Waals surface area contributed by atoms with Crippen molar-refractivity contribution in [3.63, 3.8) is 0 Å². The molecule has 1 heterocycles. The summed E-state index contributed by atoms with van der Waals surface area (Å²) in [6.07, 6.45) is 7.91. The van der Waals surface area contributed by atoms with Gasteiger partial charge in [0.25, 0.3) is 0 Å². The number of hydrogen-bond acceptors (Lipinski definition) is 3. The van der Waals surface area contributed by atoms with Crippen molar-refractivity contribution in [1.82, 2.24) is 9.55 Å². The van der Waals surface area contributed by atoms with Crippen LogP contribution in [0.25, 0.3) is 0 Å². The van der Waals surface area contributed by atoms with Crippen molar-refractivity contribution in [2.45, 2.75) is 24.4 Å².